The topological polar surface area (TPSA) is 94.7 Å². The predicted octanol–water partition coefficient (Wildman–Crippen LogP) is 6.92. The van der Waals surface area contributed by atoms with Crippen LogP contribution in [0.5, 0.6) is 23.3 Å². The molecule has 0 aliphatic rings. The number of pyridine rings is 1. The van der Waals surface area contributed by atoms with Crippen LogP contribution < -0.4 is 15.2 Å². The molecule has 3 N–H and O–H groups in total. The highest BCUT2D eigenvalue weighted by Gasteiger charge is 2.21. The molecule has 0 bridgehead atoms. The van der Waals surface area contributed by atoms with Crippen molar-refractivity contribution in [2.24, 2.45) is 5.73 Å². The molecular weight excluding hydrogens is 478 g/mol. The molecule has 4 aromatic carbocycles. The van der Waals surface area contributed by atoms with Crippen molar-refractivity contribution in [2.45, 2.75) is 6.54 Å². The number of aromatic nitrogens is 1. The molecule has 0 aliphatic carbocycles. The predicted molar refractivity (Wildman–Crippen MR) is 135 cm³/mol. The molecule has 0 spiro atoms. The largest absolute Gasteiger partial charge is 0.478 e. The Morgan fingerprint density at radius 3 is 2.27 bits per heavy atom. The van der Waals surface area contributed by atoms with E-state index in [1.54, 1.807) is 48.5 Å². The second-order valence-corrected chi connectivity index (χ2v) is 8.17. The standard InChI is InChI=1S/C29H20F2N2O4/c30-24-15-25(31)28(37-26-22-10-2-1-6-18(22)11-12-23(26)29(34)35)33-27(24)36-21-9-4-8-20(14-21)19-7-3-5-17(13-19)16-32/h1-15H,16,32H2,(H,34,35). The van der Waals surface area contributed by atoms with Crippen molar-refractivity contribution in [2.75, 3.05) is 0 Å². The lowest BCUT2D eigenvalue weighted by atomic mass is 10.0. The number of halogens is 2. The highest BCUT2D eigenvalue weighted by molar-refractivity contribution is 6.00. The number of carbonyl (C=O) groups is 1. The summed E-state index contributed by atoms with van der Waals surface area (Å²) < 4.78 is 40.6. The molecule has 1 heterocycles. The van der Waals surface area contributed by atoms with Crippen molar-refractivity contribution < 1.29 is 28.2 Å². The van der Waals surface area contributed by atoms with Crippen LogP contribution in [0.25, 0.3) is 21.9 Å². The minimum Gasteiger partial charge on any atom is -0.478 e. The van der Waals surface area contributed by atoms with Crippen LogP contribution in [0.3, 0.4) is 0 Å². The van der Waals surface area contributed by atoms with Gasteiger partial charge in [-0.05, 0) is 46.3 Å². The van der Waals surface area contributed by atoms with Crippen molar-refractivity contribution in [3.05, 3.63) is 114 Å². The van der Waals surface area contributed by atoms with Crippen LogP contribution >= 0.6 is 0 Å². The summed E-state index contributed by atoms with van der Waals surface area (Å²) in [7, 11) is 0. The first-order valence-corrected chi connectivity index (χ1v) is 11.3. The quantitative estimate of drug-likeness (QED) is 0.253. The first-order valence-electron chi connectivity index (χ1n) is 11.3. The van der Waals surface area contributed by atoms with Crippen molar-refractivity contribution in [3.8, 4) is 34.4 Å². The van der Waals surface area contributed by atoms with E-state index >= 15 is 0 Å². The highest BCUT2D eigenvalue weighted by atomic mass is 19.1. The van der Waals surface area contributed by atoms with E-state index in [4.69, 9.17) is 15.2 Å². The molecule has 0 saturated carbocycles. The number of hydrogen-bond acceptors (Lipinski definition) is 5. The Labute approximate surface area is 210 Å². The normalized spacial score (nSPS) is 10.9. The molecule has 0 aliphatic heterocycles. The van der Waals surface area contributed by atoms with E-state index in [0.717, 1.165) is 16.7 Å². The van der Waals surface area contributed by atoms with Crippen molar-refractivity contribution in [1.82, 2.24) is 4.98 Å². The lowest BCUT2D eigenvalue weighted by Gasteiger charge is -2.14. The lowest BCUT2D eigenvalue weighted by molar-refractivity contribution is 0.0694. The molecule has 37 heavy (non-hydrogen) atoms. The summed E-state index contributed by atoms with van der Waals surface area (Å²) in [6.45, 7) is 0.387. The van der Waals surface area contributed by atoms with Gasteiger partial charge in [-0.1, -0.05) is 60.7 Å². The molecular formula is C29H20F2N2O4. The number of hydrogen-bond donors (Lipinski definition) is 2. The van der Waals surface area contributed by atoms with Gasteiger partial charge in [0.1, 0.15) is 11.3 Å². The second-order valence-electron chi connectivity index (χ2n) is 8.17. The monoisotopic (exact) mass is 498 g/mol. The minimum atomic E-state index is -1.27. The van der Waals surface area contributed by atoms with E-state index < -0.39 is 29.4 Å². The number of fused-ring (bicyclic) bond motifs is 1. The highest BCUT2D eigenvalue weighted by Crippen LogP contribution is 2.36. The number of aromatic carboxylic acids is 1. The molecule has 0 atom stereocenters. The van der Waals surface area contributed by atoms with Gasteiger partial charge in [0.15, 0.2) is 17.4 Å². The fourth-order valence-electron chi connectivity index (χ4n) is 3.92. The zero-order valence-corrected chi connectivity index (χ0v) is 19.3. The van der Waals surface area contributed by atoms with Gasteiger partial charge in [0.05, 0.1) is 0 Å². The fourth-order valence-corrected chi connectivity index (χ4v) is 3.92. The van der Waals surface area contributed by atoms with E-state index in [-0.39, 0.29) is 17.1 Å². The summed E-state index contributed by atoms with van der Waals surface area (Å²) in [6.07, 6.45) is 0. The van der Waals surface area contributed by atoms with Crippen LogP contribution in [-0.4, -0.2) is 16.1 Å². The molecule has 0 fully saturated rings. The van der Waals surface area contributed by atoms with Crippen LogP contribution in [0.2, 0.25) is 0 Å². The summed E-state index contributed by atoms with van der Waals surface area (Å²) in [4.78, 5) is 15.7. The zero-order chi connectivity index (χ0) is 25.9. The first-order chi connectivity index (χ1) is 17.9. The van der Waals surface area contributed by atoms with Gasteiger partial charge in [-0.15, -0.1) is 0 Å². The number of rotatable bonds is 7. The van der Waals surface area contributed by atoms with Gasteiger partial charge >= 0.3 is 5.97 Å². The summed E-state index contributed by atoms with van der Waals surface area (Å²) >= 11 is 0. The summed E-state index contributed by atoms with van der Waals surface area (Å²) in [5.74, 6) is -4.43. The number of carboxylic acids is 1. The fraction of sp³-hybridized carbons (Fsp3) is 0.0345. The summed E-state index contributed by atoms with van der Waals surface area (Å²) in [5, 5.41) is 10.7. The van der Waals surface area contributed by atoms with Crippen LogP contribution in [-0.2, 0) is 6.54 Å². The third-order valence-corrected chi connectivity index (χ3v) is 5.72. The van der Waals surface area contributed by atoms with Crippen LogP contribution in [0.4, 0.5) is 8.78 Å². The van der Waals surface area contributed by atoms with Gasteiger partial charge in [-0.3, -0.25) is 0 Å². The number of nitrogens with zero attached hydrogens (tertiary/aromatic N) is 1. The Balaban J connectivity index is 1.50. The molecule has 8 heteroatoms. The number of carboxylic acid groups (broad SMARTS) is 1. The lowest BCUT2D eigenvalue weighted by Crippen LogP contribution is -2.04. The van der Waals surface area contributed by atoms with E-state index in [1.165, 1.54) is 6.07 Å². The van der Waals surface area contributed by atoms with Gasteiger partial charge in [-0.2, -0.15) is 4.98 Å². The third kappa shape index (κ3) is 4.96. The Hall–Kier alpha value is -4.82. The minimum absolute atomic E-state index is 0.114. The smallest absolute Gasteiger partial charge is 0.339 e. The number of ether oxygens (including phenoxy) is 2. The molecule has 184 valence electrons. The first kappa shape index (κ1) is 23.9. The second kappa shape index (κ2) is 10.0. The maximum Gasteiger partial charge on any atom is 0.339 e. The summed E-state index contributed by atoms with van der Waals surface area (Å²) in [6, 6.07) is 24.9. The van der Waals surface area contributed by atoms with Gasteiger partial charge in [-0.25, -0.2) is 13.6 Å². The zero-order valence-electron chi connectivity index (χ0n) is 19.3. The SMILES string of the molecule is NCc1cccc(-c2cccc(Oc3nc(Oc4c(C(=O)O)ccc5ccccc45)c(F)cc3F)c2)c1. The van der Waals surface area contributed by atoms with Crippen molar-refractivity contribution in [1.29, 1.82) is 0 Å². The van der Waals surface area contributed by atoms with E-state index in [2.05, 4.69) is 4.98 Å². The molecule has 6 nitrogen and oxygen atoms in total. The number of benzene rings is 4. The molecule has 5 aromatic rings. The molecule has 1 aromatic heterocycles. The maximum absolute atomic E-state index is 14.7. The third-order valence-electron chi connectivity index (χ3n) is 5.72. The molecule has 0 saturated heterocycles. The van der Waals surface area contributed by atoms with Gasteiger partial charge in [0, 0.05) is 18.0 Å². The van der Waals surface area contributed by atoms with Crippen molar-refractivity contribution in [3.63, 3.8) is 0 Å². The molecule has 0 unspecified atom stereocenters. The van der Waals surface area contributed by atoms with E-state index in [0.29, 0.717) is 23.4 Å². The van der Waals surface area contributed by atoms with E-state index in [9.17, 15) is 18.7 Å². The van der Waals surface area contributed by atoms with Crippen LogP contribution in [0.1, 0.15) is 15.9 Å². The van der Waals surface area contributed by atoms with Crippen LogP contribution in [0, 0.1) is 11.6 Å². The molecule has 0 amide bonds. The van der Waals surface area contributed by atoms with Crippen LogP contribution in [0.15, 0.2) is 91.0 Å². The summed E-state index contributed by atoms with van der Waals surface area (Å²) in [5.41, 5.74) is 8.18. The van der Waals surface area contributed by atoms with Crippen molar-refractivity contribution >= 4 is 16.7 Å². The average Bonchev–Trinajstić information content (AvgIpc) is 2.91. The Bertz CT molecular complexity index is 1640. The average molecular weight is 498 g/mol. The molecule has 5 rings (SSSR count). The maximum atomic E-state index is 14.7. The Morgan fingerprint density at radius 2 is 1.51 bits per heavy atom. The van der Waals surface area contributed by atoms with Gasteiger partial charge < -0.3 is 20.3 Å². The molecule has 0 radical (unpaired) electrons. The number of nitrogens with two attached hydrogens (primary N) is 1. The van der Waals surface area contributed by atoms with E-state index in [1.807, 2.05) is 30.3 Å². The van der Waals surface area contributed by atoms with Gasteiger partial charge in [0.2, 0.25) is 0 Å². The van der Waals surface area contributed by atoms with Gasteiger partial charge in [0.25, 0.3) is 11.8 Å². The Morgan fingerprint density at radius 1 is 0.811 bits per heavy atom. The Kier molecular flexibility index (Phi) is 6.49.